The monoisotopic (exact) mass is 365 g/mol. The van der Waals surface area contributed by atoms with Crippen LogP contribution in [-0.2, 0) is 7.05 Å². The van der Waals surface area contributed by atoms with Crippen LogP contribution in [0.1, 0.15) is 15.5 Å². The first-order chi connectivity index (χ1) is 10.9. The zero-order chi connectivity index (χ0) is 16.6. The number of nitrogens with zero attached hydrogens (tertiary/aromatic N) is 2. The van der Waals surface area contributed by atoms with Crippen LogP contribution in [0.2, 0.25) is 10.0 Å². The summed E-state index contributed by atoms with van der Waals surface area (Å²) in [4.78, 5) is 16.9. The maximum Gasteiger partial charge on any atom is 0.272 e. The van der Waals surface area contributed by atoms with E-state index in [1.807, 2.05) is 31.6 Å². The maximum atomic E-state index is 12.5. The molecule has 7 heteroatoms. The number of thiazole rings is 1. The number of benzene rings is 1. The first-order valence-electron chi connectivity index (χ1n) is 6.79. The van der Waals surface area contributed by atoms with Crippen molar-refractivity contribution in [3.63, 3.8) is 0 Å². The molecule has 2 heterocycles. The Balaban J connectivity index is 1.85. The number of carbonyl (C=O) groups excluding carboxylic acids is 1. The van der Waals surface area contributed by atoms with E-state index in [0.717, 1.165) is 16.3 Å². The predicted octanol–water partition coefficient (Wildman–Crippen LogP) is 5.02. The fourth-order valence-corrected chi connectivity index (χ4v) is 3.12. The van der Waals surface area contributed by atoms with E-state index in [1.54, 1.807) is 34.1 Å². The lowest BCUT2D eigenvalue weighted by Gasteiger charge is -2.06. The molecule has 0 atom stereocenters. The van der Waals surface area contributed by atoms with E-state index in [0.29, 0.717) is 21.4 Å². The number of hydrogen-bond donors (Lipinski definition) is 1. The summed E-state index contributed by atoms with van der Waals surface area (Å²) in [7, 11) is 1.83. The molecule has 0 saturated carbocycles. The Labute approximate surface area is 147 Å². The van der Waals surface area contributed by atoms with Crippen LogP contribution >= 0.6 is 34.5 Å². The molecule has 3 rings (SSSR count). The summed E-state index contributed by atoms with van der Waals surface area (Å²) in [5.74, 6) is -0.218. The van der Waals surface area contributed by atoms with E-state index < -0.39 is 0 Å². The van der Waals surface area contributed by atoms with Gasteiger partial charge in [0.2, 0.25) is 0 Å². The van der Waals surface area contributed by atoms with Crippen molar-refractivity contribution in [2.75, 3.05) is 5.32 Å². The van der Waals surface area contributed by atoms with Crippen molar-refractivity contribution in [2.45, 2.75) is 6.92 Å². The summed E-state index contributed by atoms with van der Waals surface area (Å²) in [6, 6.07) is 6.80. The van der Waals surface area contributed by atoms with Gasteiger partial charge in [-0.3, -0.25) is 4.79 Å². The molecule has 0 bridgehead atoms. The van der Waals surface area contributed by atoms with Gasteiger partial charge in [0.1, 0.15) is 5.69 Å². The highest BCUT2D eigenvalue weighted by Crippen LogP contribution is 2.26. The second kappa shape index (κ2) is 6.35. The largest absolute Gasteiger partial charge is 0.346 e. The fraction of sp³-hybridized carbons (Fsp3) is 0.125. The molecule has 3 aromatic rings. The number of carbonyl (C=O) groups is 1. The lowest BCUT2D eigenvalue weighted by molar-refractivity contribution is 0.101. The minimum atomic E-state index is -0.218. The molecule has 0 fully saturated rings. The Morgan fingerprint density at radius 1 is 1.26 bits per heavy atom. The third-order valence-corrected chi connectivity index (χ3v) is 4.84. The second-order valence-corrected chi connectivity index (χ2v) is 6.94. The van der Waals surface area contributed by atoms with Gasteiger partial charge >= 0.3 is 0 Å². The van der Waals surface area contributed by atoms with Crippen molar-refractivity contribution in [3.05, 3.63) is 56.6 Å². The standard InChI is InChI=1S/C16H13Cl2N3OS/c1-9-19-14(8-23-9)10-5-15(21(2)7-10)16(22)20-11-3-4-12(17)13(18)6-11/h3-8H,1-2H3,(H,20,22). The van der Waals surface area contributed by atoms with Gasteiger partial charge < -0.3 is 9.88 Å². The molecular weight excluding hydrogens is 353 g/mol. The van der Waals surface area contributed by atoms with Crippen molar-refractivity contribution in [1.82, 2.24) is 9.55 Å². The molecule has 23 heavy (non-hydrogen) atoms. The van der Waals surface area contributed by atoms with Gasteiger partial charge in [0.25, 0.3) is 5.91 Å². The number of aryl methyl sites for hydroxylation is 2. The lowest BCUT2D eigenvalue weighted by Crippen LogP contribution is -2.15. The van der Waals surface area contributed by atoms with Crippen molar-refractivity contribution < 1.29 is 4.79 Å². The molecule has 1 aromatic carbocycles. The van der Waals surface area contributed by atoms with E-state index in [-0.39, 0.29) is 5.91 Å². The van der Waals surface area contributed by atoms with Gasteiger partial charge in [0.05, 0.1) is 20.7 Å². The quantitative estimate of drug-likeness (QED) is 0.708. The Hall–Kier alpha value is -1.82. The average molecular weight is 366 g/mol. The summed E-state index contributed by atoms with van der Waals surface area (Å²) in [5, 5.41) is 6.63. The van der Waals surface area contributed by atoms with Gasteiger partial charge in [0, 0.05) is 29.9 Å². The molecule has 2 aromatic heterocycles. The summed E-state index contributed by atoms with van der Waals surface area (Å²) in [6.07, 6.45) is 1.89. The third kappa shape index (κ3) is 3.42. The van der Waals surface area contributed by atoms with Gasteiger partial charge in [-0.15, -0.1) is 11.3 Å². The minimum absolute atomic E-state index is 0.218. The molecule has 0 aliphatic carbocycles. The molecule has 1 N–H and O–H groups in total. The third-order valence-electron chi connectivity index (χ3n) is 3.33. The van der Waals surface area contributed by atoms with Gasteiger partial charge in [-0.1, -0.05) is 23.2 Å². The molecule has 0 unspecified atom stereocenters. The molecule has 118 valence electrons. The number of amides is 1. The molecule has 1 amide bonds. The predicted molar refractivity (Wildman–Crippen MR) is 95.7 cm³/mol. The highest BCUT2D eigenvalue weighted by Gasteiger charge is 2.14. The Morgan fingerprint density at radius 2 is 2.04 bits per heavy atom. The summed E-state index contributed by atoms with van der Waals surface area (Å²) >= 11 is 13.4. The smallest absolute Gasteiger partial charge is 0.272 e. The van der Waals surface area contributed by atoms with Crippen LogP contribution in [0.5, 0.6) is 0 Å². The van der Waals surface area contributed by atoms with Crippen LogP contribution in [0, 0.1) is 6.92 Å². The second-order valence-electron chi connectivity index (χ2n) is 5.06. The first kappa shape index (κ1) is 16.1. The van der Waals surface area contributed by atoms with Crippen molar-refractivity contribution >= 4 is 46.1 Å². The van der Waals surface area contributed by atoms with Crippen molar-refractivity contribution in [1.29, 1.82) is 0 Å². The van der Waals surface area contributed by atoms with E-state index in [4.69, 9.17) is 23.2 Å². The maximum absolute atomic E-state index is 12.5. The summed E-state index contributed by atoms with van der Waals surface area (Å²) < 4.78 is 1.77. The average Bonchev–Trinajstić information content (AvgIpc) is 3.09. The van der Waals surface area contributed by atoms with Crippen LogP contribution in [-0.4, -0.2) is 15.5 Å². The Kier molecular flexibility index (Phi) is 4.43. The number of halogens is 2. The van der Waals surface area contributed by atoms with Gasteiger partial charge in [-0.05, 0) is 31.2 Å². The van der Waals surface area contributed by atoms with E-state index >= 15 is 0 Å². The Bertz CT molecular complexity index is 885. The molecular formula is C16H13Cl2N3OS. The SMILES string of the molecule is Cc1nc(-c2cc(C(=O)Nc3ccc(Cl)c(Cl)c3)n(C)c2)cs1. The highest BCUT2D eigenvalue weighted by atomic mass is 35.5. The first-order valence-corrected chi connectivity index (χ1v) is 8.43. The van der Waals surface area contributed by atoms with Crippen LogP contribution in [0.15, 0.2) is 35.8 Å². The normalized spacial score (nSPS) is 10.8. The summed E-state index contributed by atoms with van der Waals surface area (Å²) in [5.41, 5.74) is 2.92. The number of aromatic nitrogens is 2. The van der Waals surface area contributed by atoms with Crippen molar-refractivity contribution in [3.8, 4) is 11.3 Å². The van der Waals surface area contributed by atoms with Crippen LogP contribution in [0.25, 0.3) is 11.3 Å². The molecule has 4 nitrogen and oxygen atoms in total. The minimum Gasteiger partial charge on any atom is -0.346 e. The van der Waals surface area contributed by atoms with E-state index in [9.17, 15) is 4.79 Å². The summed E-state index contributed by atoms with van der Waals surface area (Å²) in [6.45, 7) is 1.95. The number of rotatable bonds is 3. The van der Waals surface area contributed by atoms with Crippen LogP contribution in [0.4, 0.5) is 5.69 Å². The topological polar surface area (TPSA) is 46.9 Å². The zero-order valence-electron chi connectivity index (χ0n) is 12.4. The van der Waals surface area contributed by atoms with Crippen LogP contribution < -0.4 is 5.32 Å². The van der Waals surface area contributed by atoms with Gasteiger partial charge in [-0.25, -0.2) is 4.98 Å². The van der Waals surface area contributed by atoms with Crippen molar-refractivity contribution in [2.24, 2.45) is 7.05 Å². The Morgan fingerprint density at radius 3 is 2.70 bits per heavy atom. The molecule has 0 spiro atoms. The lowest BCUT2D eigenvalue weighted by atomic mass is 10.2. The number of hydrogen-bond acceptors (Lipinski definition) is 3. The van der Waals surface area contributed by atoms with Gasteiger partial charge in [0.15, 0.2) is 0 Å². The molecule has 0 aliphatic rings. The van der Waals surface area contributed by atoms with Crippen LogP contribution in [0.3, 0.4) is 0 Å². The highest BCUT2D eigenvalue weighted by molar-refractivity contribution is 7.09. The molecule has 0 aliphatic heterocycles. The zero-order valence-corrected chi connectivity index (χ0v) is 14.8. The van der Waals surface area contributed by atoms with E-state index in [2.05, 4.69) is 10.3 Å². The number of nitrogens with one attached hydrogen (secondary N) is 1. The molecule has 0 radical (unpaired) electrons. The van der Waals surface area contributed by atoms with E-state index in [1.165, 1.54) is 0 Å². The number of anilines is 1. The fourth-order valence-electron chi connectivity index (χ4n) is 2.20. The van der Waals surface area contributed by atoms with Gasteiger partial charge in [-0.2, -0.15) is 0 Å². The molecule has 0 saturated heterocycles.